The van der Waals surface area contributed by atoms with E-state index in [9.17, 15) is 4.79 Å². The van der Waals surface area contributed by atoms with Gasteiger partial charge in [0.25, 0.3) is 5.91 Å². The van der Waals surface area contributed by atoms with Crippen LogP contribution in [0.25, 0.3) is 11.0 Å². The van der Waals surface area contributed by atoms with Gasteiger partial charge in [-0.15, -0.1) is 0 Å². The summed E-state index contributed by atoms with van der Waals surface area (Å²) in [6, 6.07) is 21.2. The molecule has 4 aromatic rings. The van der Waals surface area contributed by atoms with Crippen LogP contribution < -0.4 is 20.1 Å². The third-order valence-electron chi connectivity index (χ3n) is 6.42. The molecule has 0 radical (unpaired) electrons. The maximum atomic E-state index is 13.8. The number of carbonyl (C=O) groups is 1. The highest BCUT2D eigenvalue weighted by Gasteiger charge is 2.34. The number of ether oxygens (including phenoxy) is 2. The van der Waals surface area contributed by atoms with Gasteiger partial charge in [0.1, 0.15) is 0 Å². The quantitative estimate of drug-likeness (QED) is 0.388. The maximum Gasteiger partial charge on any atom is 0.255 e. The molecule has 1 atom stereocenters. The molecule has 35 heavy (non-hydrogen) atoms. The zero-order valence-corrected chi connectivity index (χ0v) is 20.3. The van der Waals surface area contributed by atoms with Gasteiger partial charge in [-0.3, -0.25) is 9.36 Å². The molecule has 0 saturated heterocycles. The van der Waals surface area contributed by atoms with Crippen molar-refractivity contribution < 1.29 is 14.3 Å². The summed E-state index contributed by atoms with van der Waals surface area (Å²) in [6.45, 7) is 4.02. The summed E-state index contributed by atoms with van der Waals surface area (Å²) in [5.41, 5.74) is 5.99. The molecule has 0 spiro atoms. The molecule has 2 heterocycles. The molecule has 1 unspecified atom stereocenters. The molecule has 2 N–H and O–H groups in total. The minimum atomic E-state index is -0.423. The molecule has 0 saturated carbocycles. The van der Waals surface area contributed by atoms with Crippen molar-refractivity contribution in [3.05, 3.63) is 89.1 Å². The van der Waals surface area contributed by atoms with Crippen molar-refractivity contribution in [2.75, 3.05) is 24.9 Å². The van der Waals surface area contributed by atoms with E-state index in [1.807, 2.05) is 73.7 Å². The number of methoxy groups -OCH3 is 2. The summed E-state index contributed by atoms with van der Waals surface area (Å²) >= 11 is 0. The van der Waals surface area contributed by atoms with Crippen LogP contribution in [0.2, 0.25) is 0 Å². The zero-order chi connectivity index (χ0) is 24.5. The van der Waals surface area contributed by atoms with E-state index < -0.39 is 6.04 Å². The highest BCUT2D eigenvalue weighted by atomic mass is 16.5. The molecule has 1 aliphatic heterocycles. The van der Waals surface area contributed by atoms with Crippen molar-refractivity contribution in [1.29, 1.82) is 0 Å². The molecule has 0 aliphatic carbocycles. The van der Waals surface area contributed by atoms with Crippen LogP contribution in [0, 0.1) is 0 Å². The average Bonchev–Trinajstić information content (AvgIpc) is 3.25. The molecule has 3 aromatic carbocycles. The number of fused-ring (bicyclic) bond motifs is 3. The summed E-state index contributed by atoms with van der Waals surface area (Å²) in [7, 11) is 3.22. The van der Waals surface area contributed by atoms with Crippen LogP contribution in [0.3, 0.4) is 0 Å². The van der Waals surface area contributed by atoms with Gasteiger partial charge in [-0.1, -0.05) is 37.3 Å². The van der Waals surface area contributed by atoms with Gasteiger partial charge in [-0.25, -0.2) is 4.98 Å². The Morgan fingerprint density at radius 1 is 1.03 bits per heavy atom. The smallest absolute Gasteiger partial charge is 0.255 e. The first-order chi connectivity index (χ1) is 17.0. The number of hydrogen-bond donors (Lipinski definition) is 2. The minimum absolute atomic E-state index is 0.178. The van der Waals surface area contributed by atoms with Gasteiger partial charge in [-0.05, 0) is 60.9 Å². The van der Waals surface area contributed by atoms with Gasteiger partial charge in [0, 0.05) is 11.4 Å². The lowest BCUT2D eigenvalue weighted by Gasteiger charge is -2.31. The van der Waals surface area contributed by atoms with Crippen molar-refractivity contribution in [1.82, 2.24) is 9.55 Å². The summed E-state index contributed by atoms with van der Waals surface area (Å²) in [5, 5.41) is 6.44. The second-order valence-corrected chi connectivity index (χ2v) is 8.48. The molecular weight excluding hydrogens is 440 g/mol. The summed E-state index contributed by atoms with van der Waals surface area (Å²) < 4.78 is 13.1. The fourth-order valence-electron chi connectivity index (χ4n) is 4.62. The Hall–Kier alpha value is -4.26. The number of amides is 1. The van der Waals surface area contributed by atoms with Crippen molar-refractivity contribution in [2.24, 2.45) is 0 Å². The summed E-state index contributed by atoms with van der Waals surface area (Å²) in [5.74, 6) is 1.74. The molecule has 0 bridgehead atoms. The van der Waals surface area contributed by atoms with Crippen LogP contribution in [0.4, 0.5) is 11.6 Å². The van der Waals surface area contributed by atoms with Crippen LogP contribution >= 0.6 is 0 Å². The number of imidazole rings is 1. The second-order valence-electron chi connectivity index (χ2n) is 8.48. The fraction of sp³-hybridized carbons (Fsp3) is 0.214. The number of nitrogens with zero attached hydrogens (tertiary/aromatic N) is 2. The molecule has 178 valence electrons. The minimum Gasteiger partial charge on any atom is -0.493 e. The molecule has 0 fully saturated rings. The number of aryl methyl sites for hydroxylation is 1. The third kappa shape index (κ3) is 3.99. The Balaban J connectivity index is 1.65. The SMILES string of the molecule is CCc1ccc(NC(=O)C2=C(C)Nc3nc4ccccc4n3C2c2ccc(OC)c(OC)c2)cc1. The number of nitrogens with one attached hydrogen (secondary N) is 2. The first kappa shape index (κ1) is 22.5. The van der Waals surface area contributed by atoms with Gasteiger partial charge in [0.05, 0.1) is 36.9 Å². The highest BCUT2D eigenvalue weighted by molar-refractivity contribution is 6.06. The van der Waals surface area contributed by atoms with E-state index in [4.69, 9.17) is 14.5 Å². The van der Waals surface area contributed by atoms with E-state index in [0.29, 0.717) is 23.0 Å². The molecular formula is C28H28N4O3. The van der Waals surface area contributed by atoms with Gasteiger partial charge in [-0.2, -0.15) is 0 Å². The van der Waals surface area contributed by atoms with Gasteiger partial charge < -0.3 is 20.1 Å². The van der Waals surface area contributed by atoms with Gasteiger partial charge in [0.15, 0.2) is 11.5 Å². The zero-order valence-electron chi connectivity index (χ0n) is 20.3. The number of aromatic nitrogens is 2. The Morgan fingerprint density at radius 2 is 1.77 bits per heavy atom. The Labute approximate surface area is 204 Å². The van der Waals surface area contributed by atoms with Gasteiger partial charge in [0.2, 0.25) is 5.95 Å². The maximum absolute atomic E-state index is 13.8. The normalized spacial score (nSPS) is 14.9. The lowest BCUT2D eigenvalue weighted by molar-refractivity contribution is -0.113. The molecule has 1 aliphatic rings. The lowest BCUT2D eigenvalue weighted by Crippen LogP contribution is -2.31. The molecule has 1 aromatic heterocycles. The Morgan fingerprint density at radius 3 is 2.49 bits per heavy atom. The molecule has 5 rings (SSSR count). The molecule has 7 heteroatoms. The number of carbonyl (C=O) groups excluding carboxylic acids is 1. The molecule has 7 nitrogen and oxygen atoms in total. The lowest BCUT2D eigenvalue weighted by atomic mass is 9.94. The van der Waals surface area contributed by atoms with Crippen LogP contribution in [-0.2, 0) is 11.2 Å². The summed E-state index contributed by atoms with van der Waals surface area (Å²) in [4.78, 5) is 18.5. The molecule has 1 amide bonds. The van der Waals surface area contributed by atoms with Crippen molar-refractivity contribution in [2.45, 2.75) is 26.3 Å². The Bertz CT molecular complexity index is 1440. The number of allylic oxidation sites excluding steroid dienone is 1. The highest BCUT2D eigenvalue weighted by Crippen LogP contribution is 2.41. The summed E-state index contributed by atoms with van der Waals surface area (Å²) in [6.07, 6.45) is 0.945. The predicted octanol–water partition coefficient (Wildman–Crippen LogP) is 5.54. The third-order valence-corrected chi connectivity index (χ3v) is 6.42. The number of rotatable bonds is 6. The largest absolute Gasteiger partial charge is 0.493 e. The number of hydrogen-bond acceptors (Lipinski definition) is 5. The van der Waals surface area contributed by atoms with Crippen LogP contribution in [0.1, 0.15) is 31.0 Å². The number of para-hydroxylation sites is 2. The van der Waals surface area contributed by atoms with E-state index in [1.165, 1.54) is 5.56 Å². The van der Waals surface area contributed by atoms with E-state index in [-0.39, 0.29) is 5.91 Å². The van der Waals surface area contributed by atoms with Crippen LogP contribution in [0.15, 0.2) is 78.0 Å². The average molecular weight is 469 g/mol. The number of benzene rings is 3. The van der Waals surface area contributed by atoms with E-state index in [1.54, 1.807) is 14.2 Å². The Kier molecular flexibility index (Phi) is 5.91. The second kappa shape index (κ2) is 9.18. The van der Waals surface area contributed by atoms with E-state index in [2.05, 4.69) is 22.1 Å². The first-order valence-electron chi connectivity index (χ1n) is 11.6. The topological polar surface area (TPSA) is 77.4 Å². The number of anilines is 2. The predicted molar refractivity (Wildman–Crippen MR) is 138 cm³/mol. The van der Waals surface area contributed by atoms with Crippen LogP contribution in [0.5, 0.6) is 11.5 Å². The van der Waals surface area contributed by atoms with E-state index in [0.717, 1.165) is 34.4 Å². The first-order valence-corrected chi connectivity index (χ1v) is 11.6. The van der Waals surface area contributed by atoms with E-state index >= 15 is 0 Å². The monoisotopic (exact) mass is 468 g/mol. The van der Waals surface area contributed by atoms with Gasteiger partial charge >= 0.3 is 0 Å². The fourth-order valence-corrected chi connectivity index (χ4v) is 4.62. The van der Waals surface area contributed by atoms with Crippen molar-refractivity contribution in [3.63, 3.8) is 0 Å². The van der Waals surface area contributed by atoms with Crippen LogP contribution in [-0.4, -0.2) is 29.7 Å². The van der Waals surface area contributed by atoms with Crippen molar-refractivity contribution >= 4 is 28.6 Å². The standard InChI is InChI=1S/C28H28N4O3/c1-5-18-10-13-20(14-11-18)30-27(33)25-17(2)29-28-31-21-8-6-7-9-22(21)32(28)26(25)19-12-15-23(34-3)24(16-19)35-4/h6-16,26H,5H2,1-4H3,(H,29,31)(H,30,33). The van der Waals surface area contributed by atoms with Crippen molar-refractivity contribution in [3.8, 4) is 11.5 Å².